The van der Waals surface area contributed by atoms with E-state index >= 15 is 0 Å². The molecule has 1 aromatic heterocycles. The number of hydrogen-bond donors (Lipinski definition) is 0. The third-order valence-corrected chi connectivity index (χ3v) is 8.51. The van der Waals surface area contributed by atoms with Crippen molar-refractivity contribution in [3.05, 3.63) is 52.7 Å². The molecule has 0 aliphatic carbocycles. The molecule has 0 saturated carbocycles. The van der Waals surface area contributed by atoms with Gasteiger partial charge in [-0.15, -0.1) is 0 Å². The lowest BCUT2D eigenvalue weighted by Gasteiger charge is -2.33. The van der Waals surface area contributed by atoms with E-state index in [0.29, 0.717) is 31.6 Å². The van der Waals surface area contributed by atoms with Crippen LogP contribution in [0.15, 0.2) is 36.4 Å². The molecule has 2 saturated heterocycles. The summed E-state index contributed by atoms with van der Waals surface area (Å²) in [5.74, 6) is 0.700. The fraction of sp³-hybridized carbons (Fsp3) is 0.517. The van der Waals surface area contributed by atoms with E-state index in [1.165, 1.54) is 38.8 Å². The SMILES string of the molecule is CCCCOc1nc(OCC23CCCN2CCC3)nc2c1CCN(c1cccc3cccc(Cl)c13)C2. The monoisotopic (exact) mass is 506 g/mol. The van der Waals surface area contributed by atoms with Crippen LogP contribution in [0.5, 0.6) is 11.9 Å². The highest BCUT2D eigenvalue weighted by atomic mass is 35.5. The minimum atomic E-state index is 0.161. The quantitative estimate of drug-likeness (QED) is 0.347. The number of anilines is 1. The number of rotatable bonds is 8. The molecule has 0 radical (unpaired) electrons. The first kappa shape index (κ1) is 23.8. The summed E-state index contributed by atoms with van der Waals surface area (Å²) in [5.41, 5.74) is 3.41. The van der Waals surface area contributed by atoms with Gasteiger partial charge in [0, 0.05) is 23.2 Å². The van der Waals surface area contributed by atoms with E-state index in [0.717, 1.165) is 58.5 Å². The molecule has 0 unspecified atom stereocenters. The summed E-state index contributed by atoms with van der Waals surface area (Å²) >= 11 is 6.65. The lowest BCUT2D eigenvalue weighted by atomic mass is 9.95. The number of benzene rings is 2. The molecule has 2 fully saturated rings. The smallest absolute Gasteiger partial charge is 0.320 e. The summed E-state index contributed by atoms with van der Waals surface area (Å²) < 4.78 is 12.5. The van der Waals surface area contributed by atoms with Crippen molar-refractivity contribution in [2.75, 3.05) is 37.7 Å². The predicted molar refractivity (Wildman–Crippen MR) is 144 cm³/mol. The molecule has 36 heavy (non-hydrogen) atoms. The number of nitrogens with zero attached hydrogens (tertiary/aromatic N) is 4. The minimum Gasteiger partial charge on any atom is -0.477 e. The molecule has 0 bridgehead atoms. The summed E-state index contributed by atoms with van der Waals surface area (Å²) in [7, 11) is 0. The maximum atomic E-state index is 6.65. The fourth-order valence-electron chi connectivity index (χ4n) is 6.28. The molecule has 4 heterocycles. The van der Waals surface area contributed by atoms with Gasteiger partial charge in [-0.05, 0) is 69.1 Å². The first-order chi connectivity index (χ1) is 17.7. The molecule has 0 atom stereocenters. The lowest BCUT2D eigenvalue weighted by Crippen LogP contribution is -2.43. The second-order valence-electron chi connectivity index (χ2n) is 10.4. The predicted octanol–water partition coefficient (Wildman–Crippen LogP) is 6.03. The number of fused-ring (bicyclic) bond motifs is 3. The van der Waals surface area contributed by atoms with E-state index in [1.54, 1.807) is 0 Å². The Labute approximate surface area is 218 Å². The van der Waals surface area contributed by atoms with Gasteiger partial charge in [-0.1, -0.05) is 49.2 Å². The molecule has 3 aromatic rings. The van der Waals surface area contributed by atoms with Gasteiger partial charge in [0.2, 0.25) is 5.88 Å². The van der Waals surface area contributed by atoms with Crippen LogP contribution in [0.1, 0.15) is 56.7 Å². The van der Waals surface area contributed by atoms with Crippen LogP contribution in [0.4, 0.5) is 5.69 Å². The Morgan fingerprint density at radius 3 is 2.61 bits per heavy atom. The standard InChI is InChI=1S/C29H35ClN4O2/c1-2-3-18-35-27-22-12-17-33(25-11-5-9-21-8-4-10-23(30)26(21)25)19-24(22)31-28(32-27)36-20-29-13-6-15-34(29)16-7-14-29/h4-5,8-11H,2-3,6-7,12-20H2,1H3. The average molecular weight is 507 g/mol. The number of aromatic nitrogens is 2. The van der Waals surface area contributed by atoms with Crippen molar-refractivity contribution in [1.29, 1.82) is 0 Å². The Kier molecular flexibility index (Phi) is 6.65. The Bertz CT molecular complexity index is 1230. The number of unbranched alkanes of at least 4 members (excludes halogenated alkanes) is 1. The molecule has 0 spiro atoms. The highest BCUT2D eigenvalue weighted by Gasteiger charge is 2.45. The number of ether oxygens (including phenoxy) is 2. The Hall–Kier alpha value is -2.57. The van der Waals surface area contributed by atoms with Gasteiger partial charge in [-0.2, -0.15) is 9.97 Å². The molecule has 0 N–H and O–H groups in total. The van der Waals surface area contributed by atoms with Crippen LogP contribution < -0.4 is 14.4 Å². The number of hydrogen-bond acceptors (Lipinski definition) is 6. The first-order valence-corrected chi connectivity index (χ1v) is 13.9. The lowest BCUT2D eigenvalue weighted by molar-refractivity contribution is 0.106. The molecule has 0 amide bonds. The molecule has 190 valence electrons. The van der Waals surface area contributed by atoms with Crippen LogP contribution in [0.2, 0.25) is 5.02 Å². The van der Waals surface area contributed by atoms with Gasteiger partial charge in [0.1, 0.15) is 6.61 Å². The van der Waals surface area contributed by atoms with Gasteiger partial charge >= 0.3 is 6.01 Å². The molecular weight excluding hydrogens is 472 g/mol. The van der Waals surface area contributed by atoms with Crippen molar-refractivity contribution in [3.8, 4) is 11.9 Å². The second-order valence-corrected chi connectivity index (χ2v) is 10.8. The fourth-order valence-corrected chi connectivity index (χ4v) is 6.56. The van der Waals surface area contributed by atoms with Crippen LogP contribution >= 0.6 is 11.6 Å². The first-order valence-electron chi connectivity index (χ1n) is 13.5. The van der Waals surface area contributed by atoms with Crippen LogP contribution in [0, 0.1) is 0 Å². The van der Waals surface area contributed by atoms with Gasteiger partial charge < -0.3 is 14.4 Å². The van der Waals surface area contributed by atoms with Gasteiger partial charge in [0.15, 0.2) is 0 Å². The van der Waals surface area contributed by atoms with Gasteiger partial charge in [0.05, 0.1) is 29.4 Å². The van der Waals surface area contributed by atoms with E-state index < -0.39 is 0 Å². The van der Waals surface area contributed by atoms with E-state index in [1.807, 2.05) is 12.1 Å². The molecular formula is C29H35ClN4O2. The maximum absolute atomic E-state index is 6.65. The van der Waals surface area contributed by atoms with Crippen LogP contribution in [-0.2, 0) is 13.0 Å². The summed E-state index contributed by atoms with van der Waals surface area (Å²) in [6.07, 6.45) is 7.83. The largest absolute Gasteiger partial charge is 0.477 e. The van der Waals surface area contributed by atoms with Gasteiger partial charge in [-0.3, -0.25) is 4.90 Å². The highest BCUT2D eigenvalue weighted by molar-refractivity contribution is 6.36. The summed E-state index contributed by atoms with van der Waals surface area (Å²) in [6.45, 7) is 7.41. The van der Waals surface area contributed by atoms with E-state index in [2.05, 4.69) is 41.0 Å². The molecule has 2 aromatic carbocycles. The van der Waals surface area contributed by atoms with Crippen LogP contribution in [0.3, 0.4) is 0 Å². The zero-order valence-corrected chi connectivity index (χ0v) is 21.9. The van der Waals surface area contributed by atoms with Crippen molar-refractivity contribution < 1.29 is 9.47 Å². The molecule has 3 aliphatic rings. The van der Waals surface area contributed by atoms with Gasteiger partial charge in [-0.25, -0.2) is 0 Å². The Morgan fingerprint density at radius 1 is 1.00 bits per heavy atom. The van der Waals surface area contributed by atoms with Crippen molar-refractivity contribution >= 4 is 28.1 Å². The summed E-state index contributed by atoms with van der Waals surface area (Å²) in [6, 6.07) is 12.9. The topological polar surface area (TPSA) is 50.7 Å². The van der Waals surface area contributed by atoms with E-state index in [-0.39, 0.29) is 5.54 Å². The zero-order valence-electron chi connectivity index (χ0n) is 21.1. The van der Waals surface area contributed by atoms with Crippen LogP contribution in [0.25, 0.3) is 10.8 Å². The Balaban J connectivity index is 1.30. The summed E-state index contributed by atoms with van der Waals surface area (Å²) in [5, 5.41) is 3.02. The van der Waals surface area contributed by atoms with Crippen molar-refractivity contribution in [2.45, 2.75) is 64.0 Å². The summed E-state index contributed by atoms with van der Waals surface area (Å²) in [4.78, 5) is 14.7. The Morgan fingerprint density at radius 2 is 1.81 bits per heavy atom. The molecule has 6 rings (SSSR count). The zero-order chi connectivity index (χ0) is 24.5. The molecule has 6 nitrogen and oxygen atoms in total. The maximum Gasteiger partial charge on any atom is 0.320 e. The van der Waals surface area contributed by atoms with E-state index in [4.69, 9.17) is 31.0 Å². The minimum absolute atomic E-state index is 0.161. The van der Waals surface area contributed by atoms with Crippen molar-refractivity contribution in [3.63, 3.8) is 0 Å². The van der Waals surface area contributed by atoms with Crippen molar-refractivity contribution in [1.82, 2.24) is 14.9 Å². The van der Waals surface area contributed by atoms with Crippen LogP contribution in [-0.4, -0.2) is 53.3 Å². The van der Waals surface area contributed by atoms with E-state index in [9.17, 15) is 0 Å². The second kappa shape index (κ2) is 10.1. The highest BCUT2D eigenvalue weighted by Crippen LogP contribution is 2.40. The third kappa shape index (κ3) is 4.39. The van der Waals surface area contributed by atoms with Gasteiger partial charge in [0.25, 0.3) is 0 Å². The normalized spacial score (nSPS) is 18.9. The van der Waals surface area contributed by atoms with Crippen molar-refractivity contribution in [2.24, 2.45) is 0 Å². The average Bonchev–Trinajstić information content (AvgIpc) is 3.48. The third-order valence-electron chi connectivity index (χ3n) is 8.20. The molecule has 3 aliphatic heterocycles. The number of halogens is 1. The molecule has 7 heteroatoms.